The van der Waals surface area contributed by atoms with Crippen molar-refractivity contribution in [2.75, 3.05) is 42.9 Å². The summed E-state index contributed by atoms with van der Waals surface area (Å²) in [5.74, 6) is -0.757. The van der Waals surface area contributed by atoms with Crippen LogP contribution in [0.5, 0.6) is 0 Å². The van der Waals surface area contributed by atoms with Gasteiger partial charge in [-0.2, -0.15) is 0 Å². The van der Waals surface area contributed by atoms with E-state index >= 15 is 0 Å². The van der Waals surface area contributed by atoms with Gasteiger partial charge in [0.15, 0.2) is 0 Å². The molecule has 1 fully saturated rings. The SMILES string of the molecule is Cc1ccc(C(=O)N2CCN(C(=O)Nc3cccc(C(=O)N4CCc5ccccc54)c3)CC2)cc1F. The van der Waals surface area contributed by atoms with Crippen molar-refractivity contribution in [3.63, 3.8) is 0 Å². The van der Waals surface area contributed by atoms with Gasteiger partial charge in [-0.15, -0.1) is 0 Å². The fourth-order valence-corrected chi connectivity index (χ4v) is 4.66. The standard InChI is InChI=1S/C28H27FN4O3/c1-19-9-10-22(18-24(19)29)26(34)31-13-15-32(16-14-31)28(36)30-23-7-4-6-21(17-23)27(35)33-12-11-20-5-2-3-8-25(20)33/h2-10,17-18H,11-16H2,1H3,(H,30,36). The fourth-order valence-electron chi connectivity index (χ4n) is 4.66. The number of hydrogen-bond acceptors (Lipinski definition) is 3. The van der Waals surface area contributed by atoms with Gasteiger partial charge >= 0.3 is 6.03 Å². The van der Waals surface area contributed by atoms with Crippen molar-refractivity contribution in [3.05, 3.63) is 94.8 Å². The predicted octanol–water partition coefficient (Wildman–Crippen LogP) is 4.33. The molecule has 3 aromatic carbocycles. The van der Waals surface area contributed by atoms with E-state index in [1.54, 1.807) is 58.0 Å². The Morgan fingerprint density at radius 2 is 1.50 bits per heavy atom. The zero-order valence-corrected chi connectivity index (χ0v) is 20.0. The molecule has 0 aromatic heterocycles. The second kappa shape index (κ2) is 9.81. The number of carbonyl (C=O) groups excluding carboxylic acids is 3. The molecule has 0 aliphatic carbocycles. The summed E-state index contributed by atoms with van der Waals surface area (Å²) in [6.45, 7) is 3.71. The van der Waals surface area contributed by atoms with E-state index in [4.69, 9.17) is 0 Å². The van der Waals surface area contributed by atoms with Crippen LogP contribution in [-0.4, -0.2) is 60.4 Å². The number of benzene rings is 3. The molecule has 0 saturated carbocycles. The van der Waals surface area contributed by atoms with Crippen LogP contribution in [0.1, 0.15) is 31.8 Å². The zero-order chi connectivity index (χ0) is 25.2. The summed E-state index contributed by atoms with van der Waals surface area (Å²) in [7, 11) is 0. The number of rotatable bonds is 3. The molecule has 8 heteroatoms. The van der Waals surface area contributed by atoms with E-state index in [0.717, 1.165) is 17.7 Å². The highest BCUT2D eigenvalue weighted by molar-refractivity contribution is 6.08. The van der Waals surface area contributed by atoms with Crippen molar-refractivity contribution in [3.8, 4) is 0 Å². The molecule has 2 heterocycles. The summed E-state index contributed by atoms with van der Waals surface area (Å²) in [5, 5.41) is 2.87. The van der Waals surface area contributed by atoms with Crippen molar-refractivity contribution in [1.29, 1.82) is 0 Å². The van der Waals surface area contributed by atoms with Gasteiger partial charge in [0.05, 0.1) is 0 Å². The van der Waals surface area contributed by atoms with E-state index in [0.29, 0.717) is 55.1 Å². The summed E-state index contributed by atoms with van der Waals surface area (Å²) in [6, 6.07) is 19.0. The van der Waals surface area contributed by atoms with Crippen molar-refractivity contribution in [1.82, 2.24) is 9.80 Å². The second-order valence-corrected chi connectivity index (χ2v) is 9.09. The van der Waals surface area contributed by atoms with E-state index < -0.39 is 5.82 Å². The first kappa shape index (κ1) is 23.5. The number of halogens is 1. The number of fused-ring (bicyclic) bond motifs is 1. The number of piperazine rings is 1. The second-order valence-electron chi connectivity index (χ2n) is 9.09. The molecule has 4 amide bonds. The van der Waals surface area contributed by atoms with Crippen LogP contribution in [-0.2, 0) is 6.42 Å². The van der Waals surface area contributed by atoms with Crippen molar-refractivity contribution < 1.29 is 18.8 Å². The molecule has 0 unspecified atom stereocenters. The Kier molecular flexibility index (Phi) is 6.41. The first-order valence-corrected chi connectivity index (χ1v) is 12.0. The normalized spacial score (nSPS) is 15.0. The van der Waals surface area contributed by atoms with E-state index in [2.05, 4.69) is 5.32 Å². The Labute approximate surface area is 209 Å². The lowest BCUT2D eigenvalue weighted by Crippen LogP contribution is -2.51. The molecule has 1 saturated heterocycles. The number of urea groups is 1. The number of nitrogens with one attached hydrogen (secondary N) is 1. The predicted molar refractivity (Wildman–Crippen MR) is 136 cm³/mol. The number of carbonyl (C=O) groups is 3. The first-order valence-electron chi connectivity index (χ1n) is 12.0. The molecular formula is C28H27FN4O3. The number of para-hydroxylation sites is 1. The molecule has 184 valence electrons. The summed E-state index contributed by atoms with van der Waals surface area (Å²) < 4.78 is 13.9. The van der Waals surface area contributed by atoms with Crippen LogP contribution in [0.15, 0.2) is 66.7 Å². The maximum absolute atomic E-state index is 13.9. The third-order valence-electron chi connectivity index (χ3n) is 6.77. The van der Waals surface area contributed by atoms with Gasteiger partial charge in [-0.25, -0.2) is 9.18 Å². The minimum Gasteiger partial charge on any atom is -0.335 e. The lowest BCUT2D eigenvalue weighted by Gasteiger charge is -2.34. The highest BCUT2D eigenvalue weighted by atomic mass is 19.1. The molecule has 7 nitrogen and oxygen atoms in total. The fraction of sp³-hybridized carbons (Fsp3) is 0.250. The molecule has 36 heavy (non-hydrogen) atoms. The Balaban J connectivity index is 1.19. The third-order valence-corrected chi connectivity index (χ3v) is 6.77. The van der Waals surface area contributed by atoms with Gasteiger partial charge < -0.3 is 20.0 Å². The molecule has 0 bridgehead atoms. The van der Waals surface area contributed by atoms with Crippen LogP contribution >= 0.6 is 0 Å². The van der Waals surface area contributed by atoms with E-state index in [1.807, 2.05) is 24.3 Å². The van der Waals surface area contributed by atoms with Crippen LogP contribution in [0.25, 0.3) is 0 Å². The lowest BCUT2D eigenvalue weighted by molar-refractivity contribution is 0.0671. The number of hydrogen-bond donors (Lipinski definition) is 1. The molecule has 5 rings (SSSR count). The topological polar surface area (TPSA) is 73.0 Å². The smallest absolute Gasteiger partial charge is 0.321 e. The van der Waals surface area contributed by atoms with Crippen LogP contribution in [0.3, 0.4) is 0 Å². The summed E-state index contributed by atoms with van der Waals surface area (Å²) >= 11 is 0. The van der Waals surface area contributed by atoms with Crippen LogP contribution in [0, 0.1) is 12.7 Å². The van der Waals surface area contributed by atoms with Crippen molar-refractivity contribution >= 4 is 29.2 Å². The van der Waals surface area contributed by atoms with Gasteiger partial charge in [0.2, 0.25) is 0 Å². The van der Waals surface area contributed by atoms with Crippen molar-refractivity contribution in [2.24, 2.45) is 0 Å². The molecule has 0 radical (unpaired) electrons. The highest BCUT2D eigenvalue weighted by Gasteiger charge is 2.27. The Morgan fingerprint density at radius 1 is 0.778 bits per heavy atom. The molecule has 0 atom stereocenters. The number of anilines is 2. The maximum Gasteiger partial charge on any atom is 0.321 e. The molecule has 0 spiro atoms. The molecule has 1 N–H and O–H groups in total. The van der Waals surface area contributed by atoms with Gasteiger partial charge in [-0.1, -0.05) is 30.3 Å². The summed E-state index contributed by atoms with van der Waals surface area (Å²) in [5.41, 5.74) is 3.91. The van der Waals surface area contributed by atoms with Gasteiger partial charge in [0, 0.05) is 55.2 Å². The minimum absolute atomic E-state index is 0.101. The highest BCUT2D eigenvalue weighted by Crippen LogP contribution is 2.29. The Morgan fingerprint density at radius 3 is 2.28 bits per heavy atom. The summed E-state index contributed by atoms with van der Waals surface area (Å²) in [6.07, 6.45) is 0.825. The lowest BCUT2D eigenvalue weighted by atomic mass is 10.1. The minimum atomic E-state index is -0.409. The monoisotopic (exact) mass is 486 g/mol. The van der Waals surface area contributed by atoms with Crippen LogP contribution in [0.2, 0.25) is 0 Å². The average molecular weight is 487 g/mol. The van der Waals surface area contributed by atoms with E-state index in [9.17, 15) is 18.8 Å². The number of aryl methyl sites for hydroxylation is 1. The molecule has 2 aliphatic heterocycles. The van der Waals surface area contributed by atoms with Gasteiger partial charge in [0.25, 0.3) is 11.8 Å². The van der Waals surface area contributed by atoms with Gasteiger partial charge in [-0.3, -0.25) is 9.59 Å². The third kappa shape index (κ3) is 4.66. The quantitative estimate of drug-likeness (QED) is 0.599. The average Bonchev–Trinajstić information content (AvgIpc) is 3.34. The van der Waals surface area contributed by atoms with E-state index in [1.165, 1.54) is 6.07 Å². The van der Waals surface area contributed by atoms with Crippen LogP contribution in [0.4, 0.5) is 20.6 Å². The zero-order valence-electron chi connectivity index (χ0n) is 20.0. The maximum atomic E-state index is 13.9. The Bertz CT molecular complexity index is 1330. The molecule has 2 aliphatic rings. The summed E-state index contributed by atoms with van der Waals surface area (Å²) in [4.78, 5) is 43.8. The molecular weight excluding hydrogens is 459 g/mol. The number of amides is 4. The van der Waals surface area contributed by atoms with Crippen LogP contribution < -0.4 is 10.2 Å². The van der Waals surface area contributed by atoms with Crippen molar-refractivity contribution in [2.45, 2.75) is 13.3 Å². The Hall–Kier alpha value is -4.20. The van der Waals surface area contributed by atoms with Gasteiger partial charge in [0.1, 0.15) is 5.82 Å². The van der Waals surface area contributed by atoms with Gasteiger partial charge in [-0.05, 0) is 60.9 Å². The first-order chi connectivity index (χ1) is 17.4. The molecule has 3 aromatic rings. The largest absolute Gasteiger partial charge is 0.335 e. The number of nitrogens with zero attached hydrogens (tertiary/aromatic N) is 3. The van der Waals surface area contributed by atoms with E-state index in [-0.39, 0.29) is 17.8 Å².